The van der Waals surface area contributed by atoms with Crippen molar-refractivity contribution in [1.82, 2.24) is 9.29 Å². The van der Waals surface area contributed by atoms with Gasteiger partial charge < -0.3 is 4.74 Å². The van der Waals surface area contributed by atoms with Gasteiger partial charge in [-0.2, -0.15) is 4.31 Å². The van der Waals surface area contributed by atoms with Crippen LogP contribution in [0.4, 0.5) is 0 Å². The van der Waals surface area contributed by atoms with Crippen molar-refractivity contribution < 1.29 is 17.9 Å². The third-order valence-electron chi connectivity index (χ3n) is 3.38. The summed E-state index contributed by atoms with van der Waals surface area (Å²) in [4.78, 5) is 15.6. The molecule has 0 aromatic carbocycles. The lowest BCUT2D eigenvalue weighted by Crippen LogP contribution is -2.40. The summed E-state index contributed by atoms with van der Waals surface area (Å²) < 4.78 is 31.9. The molecule has 0 radical (unpaired) electrons. The van der Waals surface area contributed by atoms with E-state index < -0.39 is 10.0 Å². The van der Waals surface area contributed by atoms with Crippen LogP contribution >= 0.6 is 22.9 Å². The van der Waals surface area contributed by atoms with Crippen molar-refractivity contribution in [2.45, 2.75) is 30.9 Å². The van der Waals surface area contributed by atoms with Crippen LogP contribution in [-0.4, -0.2) is 43.4 Å². The second kappa shape index (κ2) is 6.60. The Kier molecular flexibility index (Phi) is 5.24. The number of carbonyl (C=O) groups excluding carboxylic acids is 1. The van der Waals surface area contributed by atoms with Crippen molar-refractivity contribution >= 4 is 38.9 Å². The SMILES string of the molecule is CCOC(=O)C1CCN(S(=O)(=O)c2sc(Cl)nc2C)CC1. The molecular weight excluding hydrogens is 336 g/mol. The number of carbonyl (C=O) groups is 1. The summed E-state index contributed by atoms with van der Waals surface area (Å²) in [6.45, 7) is 4.34. The van der Waals surface area contributed by atoms with E-state index in [1.165, 1.54) is 4.31 Å². The second-order valence-corrected chi connectivity index (χ2v) is 8.48. The van der Waals surface area contributed by atoms with Crippen LogP contribution in [0.2, 0.25) is 4.47 Å². The number of hydrogen-bond acceptors (Lipinski definition) is 6. The third-order valence-corrected chi connectivity index (χ3v) is 7.12. The zero-order valence-electron chi connectivity index (χ0n) is 11.8. The molecule has 1 aromatic heterocycles. The first-order chi connectivity index (χ1) is 9.86. The number of piperidine rings is 1. The zero-order valence-corrected chi connectivity index (χ0v) is 14.2. The minimum atomic E-state index is -3.58. The molecule has 1 fully saturated rings. The molecule has 2 heterocycles. The molecule has 1 saturated heterocycles. The Balaban J connectivity index is 2.08. The summed E-state index contributed by atoms with van der Waals surface area (Å²) in [6, 6.07) is 0. The molecule has 0 N–H and O–H groups in total. The predicted octanol–water partition coefficient (Wildman–Crippen LogP) is 2.07. The monoisotopic (exact) mass is 352 g/mol. The molecule has 2 rings (SSSR count). The highest BCUT2D eigenvalue weighted by Gasteiger charge is 2.34. The van der Waals surface area contributed by atoms with Crippen LogP contribution in [0.15, 0.2) is 4.21 Å². The average Bonchev–Trinajstić information content (AvgIpc) is 2.79. The van der Waals surface area contributed by atoms with E-state index in [4.69, 9.17) is 16.3 Å². The third kappa shape index (κ3) is 3.56. The van der Waals surface area contributed by atoms with Gasteiger partial charge in [-0.3, -0.25) is 4.79 Å². The molecule has 0 amide bonds. The van der Waals surface area contributed by atoms with Crippen LogP contribution in [0.5, 0.6) is 0 Å². The quantitative estimate of drug-likeness (QED) is 0.775. The van der Waals surface area contributed by atoms with Crippen LogP contribution in [0.3, 0.4) is 0 Å². The first-order valence-electron chi connectivity index (χ1n) is 6.66. The van der Waals surface area contributed by atoms with Gasteiger partial charge in [0.15, 0.2) is 8.68 Å². The number of ether oxygens (including phenoxy) is 1. The van der Waals surface area contributed by atoms with Crippen molar-refractivity contribution in [2.24, 2.45) is 5.92 Å². The summed E-state index contributed by atoms with van der Waals surface area (Å²) in [5.74, 6) is -0.464. The molecule has 0 spiro atoms. The predicted molar refractivity (Wildman–Crippen MR) is 80.0 cm³/mol. The number of aromatic nitrogens is 1. The van der Waals surface area contributed by atoms with Crippen LogP contribution in [0.1, 0.15) is 25.5 Å². The summed E-state index contributed by atoms with van der Waals surface area (Å²) in [7, 11) is -3.58. The minimum absolute atomic E-state index is 0.182. The summed E-state index contributed by atoms with van der Waals surface area (Å²) in [5, 5.41) is 0. The van der Waals surface area contributed by atoms with E-state index in [0.29, 0.717) is 38.2 Å². The zero-order chi connectivity index (χ0) is 15.6. The minimum Gasteiger partial charge on any atom is -0.466 e. The van der Waals surface area contributed by atoms with E-state index in [2.05, 4.69) is 4.98 Å². The topological polar surface area (TPSA) is 76.6 Å². The number of thiazole rings is 1. The molecule has 21 heavy (non-hydrogen) atoms. The van der Waals surface area contributed by atoms with E-state index in [1.807, 2.05) is 0 Å². The fourth-order valence-corrected chi connectivity index (χ4v) is 5.64. The normalized spacial score (nSPS) is 17.9. The highest BCUT2D eigenvalue weighted by molar-refractivity contribution is 7.91. The standard InChI is InChI=1S/C12H17ClN2O4S2/c1-3-19-10(16)9-4-6-15(7-5-9)21(17,18)11-8(2)14-12(13)20-11/h9H,3-7H2,1-2H3. The van der Waals surface area contributed by atoms with Crippen molar-refractivity contribution in [2.75, 3.05) is 19.7 Å². The van der Waals surface area contributed by atoms with Gasteiger partial charge in [-0.25, -0.2) is 13.4 Å². The highest BCUT2D eigenvalue weighted by Crippen LogP contribution is 2.31. The Bertz CT molecular complexity index is 621. The lowest BCUT2D eigenvalue weighted by Gasteiger charge is -2.29. The van der Waals surface area contributed by atoms with E-state index in [9.17, 15) is 13.2 Å². The molecule has 0 bridgehead atoms. The van der Waals surface area contributed by atoms with Gasteiger partial charge in [0, 0.05) is 13.1 Å². The average molecular weight is 353 g/mol. The molecule has 0 atom stereocenters. The molecule has 6 nitrogen and oxygen atoms in total. The van der Waals surface area contributed by atoms with Gasteiger partial charge in [0.05, 0.1) is 18.2 Å². The van der Waals surface area contributed by atoms with Gasteiger partial charge in [0.2, 0.25) is 0 Å². The van der Waals surface area contributed by atoms with Gasteiger partial charge in [-0.1, -0.05) is 22.9 Å². The van der Waals surface area contributed by atoms with Crippen LogP contribution in [0, 0.1) is 12.8 Å². The molecule has 1 aliphatic heterocycles. The maximum absolute atomic E-state index is 12.5. The van der Waals surface area contributed by atoms with Crippen molar-refractivity contribution in [3.63, 3.8) is 0 Å². The van der Waals surface area contributed by atoms with Crippen LogP contribution < -0.4 is 0 Å². The van der Waals surface area contributed by atoms with Crippen molar-refractivity contribution in [3.8, 4) is 0 Å². The van der Waals surface area contributed by atoms with Gasteiger partial charge in [-0.15, -0.1) is 0 Å². The molecule has 0 saturated carbocycles. The van der Waals surface area contributed by atoms with Gasteiger partial charge in [0.25, 0.3) is 10.0 Å². The highest BCUT2D eigenvalue weighted by atomic mass is 35.5. The fraction of sp³-hybridized carbons (Fsp3) is 0.667. The Hall–Kier alpha value is -0.700. The Morgan fingerprint density at radius 2 is 2.10 bits per heavy atom. The molecule has 1 aliphatic rings. The van der Waals surface area contributed by atoms with E-state index in [0.717, 1.165) is 11.3 Å². The lowest BCUT2D eigenvalue weighted by atomic mass is 9.98. The molecule has 0 unspecified atom stereocenters. The number of nitrogens with zero attached hydrogens (tertiary/aromatic N) is 2. The van der Waals surface area contributed by atoms with Crippen LogP contribution in [0.25, 0.3) is 0 Å². The summed E-state index contributed by atoms with van der Waals surface area (Å²) in [5.41, 5.74) is 0.414. The Morgan fingerprint density at radius 3 is 2.57 bits per heavy atom. The maximum atomic E-state index is 12.5. The smallest absolute Gasteiger partial charge is 0.309 e. The summed E-state index contributed by atoms with van der Waals surface area (Å²) >= 11 is 6.74. The largest absolute Gasteiger partial charge is 0.466 e. The lowest BCUT2D eigenvalue weighted by molar-refractivity contribution is -0.149. The molecule has 9 heteroatoms. The van der Waals surface area contributed by atoms with Gasteiger partial charge >= 0.3 is 5.97 Å². The Labute approximate surface area is 133 Å². The maximum Gasteiger partial charge on any atom is 0.309 e. The number of hydrogen-bond donors (Lipinski definition) is 0. The Morgan fingerprint density at radius 1 is 1.48 bits per heavy atom. The van der Waals surface area contributed by atoms with E-state index >= 15 is 0 Å². The van der Waals surface area contributed by atoms with Gasteiger partial charge in [-0.05, 0) is 26.7 Å². The van der Waals surface area contributed by atoms with Crippen molar-refractivity contribution in [3.05, 3.63) is 10.2 Å². The van der Waals surface area contributed by atoms with E-state index in [1.54, 1.807) is 13.8 Å². The molecule has 1 aromatic rings. The van der Waals surface area contributed by atoms with Crippen molar-refractivity contribution in [1.29, 1.82) is 0 Å². The number of aryl methyl sites for hydroxylation is 1. The number of halogens is 1. The first-order valence-corrected chi connectivity index (χ1v) is 9.29. The molecular formula is C12H17ClN2O4S2. The van der Waals surface area contributed by atoms with Crippen LogP contribution in [-0.2, 0) is 19.6 Å². The first kappa shape index (κ1) is 16.7. The number of esters is 1. The molecule has 0 aliphatic carbocycles. The fourth-order valence-electron chi connectivity index (χ4n) is 2.30. The second-order valence-electron chi connectivity index (χ2n) is 4.77. The number of sulfonamides is 1. The summed E-state index contributed by atoms with van der Waals surface area (Å²) in [6.07, 6.45) is 0.952. The van der Waals surface area contributed by atoms with Gasteiger partial charge in [0.1, 0.15) is 0 Å². The molecule has 118 valence electrons. The van der Waals surface area contributed by atoms with E-state index in [-0.39, 0.29) is 20.6 Å². The number of rotatable bonds is 4.